The van der Waals surface area contributed by atoms with Gasteiger partial charge in [-0.1, -0.05) is 32.1 Å². The number of carbonyl (C=O) groups excluding carboxylic acids is 1. The smallest absolute Gasteiger partial charge is 0.224 e. The Labute approximate surface area is 105 Å². The molecule has 0 aromatic heterocycles. The van der Waals surface area contributed by atoms with Crippen LogP contribution >= 0.6 is 0 Å². The SMILES string of the molecule is NC1CCCCCC1C(=O)NCC1CCCC1. The van der Waals surface area contributed by atoms with Crippen LogP contribution in [-0.2, 0) is 4.79 Å². The van der Waals surface area contributed by atoms with E-state index in [-0.39, 0.29) is 17.9 Å². The van der Waals surface area contributed by atoms with E-state index < -0.39 is 0 Å². The molecule has 2 fully saturated rings. The van der Waals surface area contributed by atoms with Crippen LogP contribution in [-0.4, -0.2) is 18.5 Å². The highest BCUT2D eigenvalue weighted by molar-refractivity contribution is 5.79. The summed E-state index contributed by atoms with van der Waals surface area (Å²) in [7, 11) is 0. The van der Waals surface area contributed by atoms with E-state index in [1.54, 1.807) is 0 Å². The lowest BCUT2D eigenvalue weighted by Crippen LogP contribution is -2.42. The van der Waals surface area contributed by atoms with Crippen LogP contribution in [0.2, 0.25) is 0 Å². The standard InChI is InChI=1S/C14H26N2O/c15-13-9-3-1-2-8-12(13)14(17)16-10-11-6-4-5-7-11/h11-13H,1-10,15H2,(H,16,17). The van der Waals surface area contributed by atoms with Gasteiger partial charge in [0.1, 0.15) is 0 Å². The van der Waals surface area contributed by atoms with E-state index in [1.165, 1.54) is 38.5 Å². The van der Waals surface area contributed by atoms with Crippen LogP contribution in [0, 0.1) is 11.8 Å². The van der Waals surface area contributed by atoms with Crippen molar-refractivity contribution in [2.24, 2.45) is 17.6 Å². The third-order valence-corrected chi connectivity index (χ3v) is 4.45. The van der Waals surface area contributed by atoms with Gasteiger partial charge >= 0.3 is 0 Å². The predicted molar refractivity (Wildman–Crippen MR) is 69.5 cm³/mol. The molecule has 3 nitrogen and oxygen atoms in total. The summed E-state index contributed by atoms with van der Waals surface area (Å²) < 4.78 is 0. The lowest BCUT2D eigenvalue weighted by Gasteiger charge is -2.21. The number of nitrogens with two attached hydrogens (primary N) is 1. The first-order chi connectivity index (χ1) is 8.27. The van der Waals surface area contributed by atoms with Crippen LogP contribution in [0.15, 0.2) is 0 Å². The van der Waals surface area contributed by atoms with E-state index in [4.69, 9.17) is 5.73 Å². The lowest BCUT2D eigenvalue weighted by atomic mass is 9.94. The van der Waals surface area contributed by atoms with Crippen molar-refractivity contribution in [1.82, 2.24) is 5.32 Å². The molecule has 3 heteroatoms. The number of hydrogen-bond donors (Lipinski definition) is 2. The lowest BCUT2D eigenvalue weighted by molar-refractivity contribution is -0.126. The number of carbonyl (C=O) groups is 1. The number of hydrogen-bond acceptors (Lipinski definition) is 2. The summed E-state index contributed by atoms with van der Waals surface area (Å²) in [6.07, 6.45) is 10.8. The molecule has 2 atom stereocenters. The van der Waals surface area contributed by atoms with Crippen molar-refractivity contribution in [2.45, 2.75) is 63.8 Å². The maximum atomic E-state index is 12.1. The van der Waals surface area contributed by atoms with Gasteiger partial charge in [0.2, 0.25) is 5.91 Å². The molecule has 2 unspecified atom stereocenters. The van der Waals surface area contributed by atoms with Gasteiger partial charge in [0, 0.05) is 12.6 Å². The van der Waals surface area contributed by atoms with Gasteiger partial charge < -0.3 is 11.1 Å². The second-order valence-electron chi connectivity index (χ2n) is 5.80. The van der Waals surface area contributed by atoms with Crippen molar-refractivity contribution in [3.8, 4) is 0 Å². The first-order valence-corrected chi connectivity index (χ1v) is 7.30. The van der Waals surface area contributed by atoms with Gasteiger partial charge in [0.05, 0.1) is 5.92 Å². The van der Waals surface area contributed by atoms with Gasteiger partial charge in [0.25, 0.3) is 0 Å². The van der Waals surface area contributed by atoms with Gasteiger partial charge in [-0.2, -0.15) is 0 Å². The predicted octanol–water partition coefficient (Wildman–Crippen LogP) is 2.20. The highest BCUT2D eigenvalue weighted by Gasteiger charge is 2.27. The molecule has 0 spiro atoms. The fourth-order valence-electron chi connectivity index (χ4n) is 3.25. The maximum absolute atomic E-state index is 12.1. The van der Waals surface area contributed by atoms with E-state index in [2.05, 4.69) is 5.32 Å². The largest absolute Gasteiger partial charge is 0.356 e. The molecule has 0 aromatic carbocycles. The minimum absolute atomic E-state index is 0.0684. The molecule has 2 aliphatic carbocycles. The van der Waals surface area contributed by atoms with Gasteiger partial charge in [-0.05, 0) is 31.6 Å². The van der Waals surface area contributed by atoms with Gasteiger partial charge in [-0.3, -0.25) is 4.79 Å². The zero-order valence-corrected chi connectivity index (χ0v) is 10.8. The maximum Gasteiger partial charge on any atom is 0.224 e. The van der Waals surface area contributed by atoms with Crippen molar-refractivity contribution in [3.05, 3.63) is 0 Å². The molecule has 17 heavy (non-hydrogen) atoms. The molecule has 0 aliphatic heterocycles. The summed E-state index contributed by atoms with van der Waals surface area (Å²) in [5.41, 5.74) is 6.10. The molecule has 0 radical (unpaired) electrons. The molecule has 2 aliphatic rings. The number of rotatable bonds is 3. The molecule has 0 heterocycles. The number of amides is 1. The molecule has 2 rings (SSSR count). The fraction of sp³-hybridized carbons (Fsp3) is 0.929. The third kappa shape index (κ3) is 3.70. The highest BCUT2D eigenvalue weighted by Crippen LogP contribution is 2.25. The van der Waals surface area contributed by atoms with Gasteiger partial charge in [-0.15, -0.1) is 0 Å². The van der Waals surface area contributed by atoms with Crippen molar-refractivity contribution >= 4 is 5.91 Å². The minimum atomic E-state index is 0.0684. The van der Waals surface area contributed by atoms with Crippen molar-refractivity contribution < 1.29 is 4.79 Å². The summed E-state index contributed by atoms with van der Waals surface area (Å²) in [5, 5.41) is 3.13. The fourth-order valence-corrected chi connectivity index (χ4v) is 3.25. The van der Waals surface area contributed by atoms with Crippen molar-refractivity contribution in [1.29, 1.82) is 0 Å². The quantitative estimate of drug-likeness (QED) is 0.741. The first kappa shape index (κ1) is 12.9. The van der Waals surface area contributed by atoms with Crippen molar-refractivity contribution in [2.75, 3.05) is 6.54 Å². The third-order valence-electron chi connectivity index (χ3n) is 4.45. The molecule has 3 N–H and O–H groups in total. The minimum Gasteiger partial charge on any atom is -0.356 e. The monoisotopic (exact) mass is 238 g/mol. The Morgan fingerprint density at radius 2 is 1.65 bits per heavy atom. The molecule has 0 bridgehead atoms. The van der Waals surface area contributed by atoms with E-state index >= 15 is 0 Å². The van der Waals surface area contributed by atoms with Crippen LogP contribution in [0.4, 0.5) is 0 Å². The zero-order chi connectivity index (χ0) is 12.1. The summed E-state index contributed by atoms with van der Waals surface area (Å²) in [4.78, 5) is 12.1. The van der Waals surface area contributed by atoms with Crippen LogP contribution in [0.3, 0.4) is 0 Å². The van der Waals surface area contributed by atoms with E-state index in [9.17, 15) is 4.79 Å². The average Bonchev–Trinajstić information content (AvgIpc) is 2.75. The summed E-state index contributed by atoms with van der Waals surface area (Å²) in [6, 6.07) is 0.0843. The second-order valence-corrected chi connectivity index (χ2v) is 5.80. The molecule has 1 amide bonds. The van der Waals surface area contributed by atoms with Gasteiger partial charge in [0.15, 0.2) is 0 Å². The Hall–Kier alpha value is -0.570. The van der Waals surface area contributed by atoms with E-state index in [1.807, 2.05) is 0 Å². The first-order valence-electron chi connectivity index (χ1n) is 7.30. The molecular formula is C14H26N2O. The molecule has 98 valence electrons. The Morgan fingerprint density at radius 1 is 1.00 bits per heavy atom. The normalized spacial score (nSPS) is 31.1. The van der Waals surface area contributed by atoms with E-state index in [0.29, 0.717) is 0 Å². The molecular weight excluding hydrogens is 212 g/mol. The van der Waals surface area contributed by atoms with Crippen molar-refractivity contribution in [3.63, 3.8) is 0 Å². The van der Waals surface area contributed by atoms with Crippen LogP contribution in [0.5, 0.6) is 0 Å². The Morgan fingerprint density at radius 3 is 2.41 bits per heavy atom. The number of nitrogens with one attached hydrogen (secondary N) is 1. The summed E-state index contributed by atoms with van der Waals surface area (Å²) in [6.45, 7) is 0.877. The second kappa shape index (κ2) is 6.39. The van der Waals surface area contributed by atoms with E-state index in [0.717, 1.165) is 31.7 Å². The zero-order valence-electron chi connectivity index (χ0n) is 10.8. The topological polar surface area (TPSA) is 55.1 Å². The Balaban J connectivity index is 1.76. The average molecular weight is 238 g/mol. The van der Waals surface area contributed by atoms with Gasteiger partial charge in [-0.25, -0.2) is 0 Å². The molecule has 0 aromatic rings. The van der Waals surface area contributed by atoms with Crippen LogP contribution < -0.4 is 11.1 Å². The Kier molecular flexibility index (Phi) is 4.84. The van der Waals surface area contributed by atoms with Crippen LogP contribution in [0.1, 0.15) is 57.8 Å². The Bertz CT molecular complexity index is 249. The molecule has 0 saturated heterocycles. The van der Waals surface area contributed by atoms with Crippen LogP contribution in [0.25, 0.3) is 0 Å². The summed E-state index contributed by atoms with van der Waals surface area (Å²) >= 11 is 0. The molecule has 2 saturated carbocycles. The summed E-state index contributed by atoms with van der Waals surface area (Å²) in [5.74, 6) is 1.01. The highest BCUT2D eigenvalue weighted by atomic mass is 16.1.